The van der Waals surface area contributed by atoms with E-state index in [0.29, 0.717) is 5.69 Å². The number of hydrogen-bond acceptors (Lipinski definition) is 5. The fourth-order valence-corrected chi connectivity index (χ4v) is 3.21. The largest absolute Gasteiger partial charge is 0.332 e. The number of nitrogens with one attached hydrogen (secondary N) is 2. The molecule has 0 fully saturated rings. The zero-order chi connectivity index (χ0) is 21.5. The lowest BCUT2D eigenvalue weighted by atomic mass is 10.1. The Bertz CT molecular complexity index is 1270. The fourth-order valence-electron chi connectivity index (χ4n) is 2.98. The molecule has 0 unspecified atom stereocenters. The van der Waals surface area contributed by atoms with Crippen LogP contribution < -0.4 is 21.9 Å². The molecule has 29 heavy (non-hydrogen) atoms. The molecule has 0 aliphatic heterocycles. The quantitative estimate of drug-likeness (QED) is 0.616. The predicted molar refractivity (Wildman–Crippen MR) is 108 cm³/mol. The predicted octanol–water partition coefficient (Wildman–Crippen LogP) is 1.05. The number of carbonyl (C=O) groups excluding carboxylic acids is 2. The number of imidazole rings is 1. The highest BCUT2D eigenvalue weighted by Gasteiger charge is 2.20. The first kappa shape index (κ1) is 20.3. The van der Waals surface area contributed by atoms with Crippen molar-refractivity contribution in [3.8, 4) is 0 Å². The maximum atomic E-state index is 12.5. The standard InChI is InChI=1S/C18H19ClN6O4/c1-9-5-6-11(10(2)7-9)20-17(28)21-12(26)8-25-13-14(22-16(25)19)23(3)18(29)24(4)15(13)27/h5-7H,8H2,1-4H3,(H2,20,21,26,28). The van der Waals surface area contributed by atoms with Gasteiger partial charge < -0.3 is 5.32 Å². The number of anilines is 1. The van der Waals surface area contributed by atoms with Gasteiger partial charge in [-0.3, -0.25) is 28.6 Å². The highest BCUT2D eigenvalue weighted by molar-refractivity contribution is 6.29. The van der Waals surface area contributed by atoms with Crippen molar-refractivity contribution in [2.24, 2.45) is 14.1 Å². The number of amides is 3. The lowest BCUT2D eigenvalue weighted by molar-refractivity contribution is -0.120. The SMILES string of the molecule is Cc1ccc(NC(=O)NC(=O)Cn2c(Cl)nc3c2c(=O)n(C)c(=O)n3C)c(C)c1. The summed E-state index contributed by atoms with van der Waals surface area (Å²) in [5, 5.41) is 4.63. The smallest absolute Gasteiger partial charge is 0.307 e. The lowest BCUT2D eigenvalue weighted by Crippen LogP contribution is -2.39. The van der Waals surface area contributed by atoms with Gasteiger partial charge in [0.15, 0.2) is 11.2 Å². The highest BCUT2D eigenvalue weighted by atomic mass is 35.5. The molecule has 0 spiro atoms. The normalized spacial score (nSPS) is 10.9. The van der Waals surface area contributed by atoms with Crippen molar-refractivity contribution in [2.45, 2.75) is 20.4 Å². The van der Waals surface area contributed by atoms with Gasteiger partial charge in [-0.05, 0) is 37.1 Å². The van der Waals surface area contributed by atoms with Crippen LogP contribution in [0.3, 0.4) is 0 Å². The van der Waals surface area contributed by atoms with Crippen LogP contribution in [0.5, 0.6) is 0 Å². The van der Waals surface area contributed by atoms with Crippen LogP contribution in [0.2, 0.25) is 5.28 Å². The highest BCUT2D eigenvalue weighted by Crippen LogP contribution is 2.16. The monoisotopic (exact) mass is 418 g/mol. The van der Waals surface area contributed by atoms with Crippen LogP contribution in [0.15, 0.2) is 27.8 Å². The number of benzene rings is 1. The second kappa shape index (κ2) is 7.55. The molecule has 0 aliphatic rings. The maximum Gasteiger partial charge on any atom is 0.332 e. The molecule has 0 aliphatic carbocycles. The molecular formula is C18H19ClN6O4. The number of imide groups is 1. The van der Waals surface area contributed by atoms with E-state index >= 15 is 0 Å². The number of fused-ring (bicyclic) bond motifs is 1. The summed E-state index contributed by atoms with van der Waals surface area (Å²) < 4.78 is 3.20. The first-order valence-corrected chi connectivity index (χ1v) is 8.97. The number of aromatic nitrogens is 4. The number of halogens is 1. The van der Waals surface area contributed by atoms with Gasteiger partial charge in [0.1, 0.15) is 6.54 Å². The van der Waals surface area contributed by atoms with Gasteiger partial charge in [0, 0.05) is 19.8 Å². The molecule has 0 bridgehead atoms. The molecule has 10 nitrogen and oxygen atoms in total. The topological polar surface area (TPSA) is 120 Å². The number of rotatable bonds is 3. The summed E-state index contributed by atoms with van der Waals surface area (Å²) in [6.45, 7) is 3.34. The fraction of sp³-hybridized carbons (Fsp3) is 0.278. The van der Waals surface area contributed by atoms with E-state index in [9.17, 15) is 19.2 Å². The van der Waals surface area contributed by atoms with Crippen LogP contribution in [0.1, 0.15) is 11.1 Å². The molecule has 1 aromatic carbocycles. The number of carbonyl (C=O) groups is 2. The van der Waals surface area contributed by atoms with Gasteiger partial charge in [-0.25, -0.2) is 9.59 Å². The first-order chi connectivity index (χ1) is 13.6. The summed E-state index contributed by atoms with van der Waals surface area (Å²) in [6, 6.07) is 4.75. The third-order valence-electron chi connectivity index (χ3n) is 4.49. The maximum absolute atomic E-state index is 12.5. The van der Waals surface area contributed by atoms with Gasteiger partial charge in [-0.2, -0.15) is 4.98 Å². The molecule has 0 radical (unpaired) electrons. The Labute approximate surface area is 169 Å². The number of nitrogens with zero attached hydrogens (tertiary/aromatic N) is 4. The second-order valence-electron chi connectivity index (χ2n) is 6.67. The number of hydrogen-bond donors (Lipinski definition) is 2. The molecule has 2 N–H and O–H groups in total. The third kappa shape index (κ3) is 3.79. The summed E-state index contributed by atoms with van der Waals surface area (Å²) in [5.41, 5.74) is 1.29. The average molecular weight is 419 g/mol. The van der Waals surface area contributed by atoms with Crippen molar-refractivity contribution in [3.63, 3.8) is 0 Å². The van der Waals surface area contributed by atoms with E-state index in [-0.39, 0.29) is 16.4 Å². The van der Waals surface area contributed by atoms with Crippen molar-refractivity contribution in [1.82, 2.24) is 24.0 Å². The van der Waals surface area contributed by atoms with Crippen LogP contribution >= 0.6 is 11.6 Å². The molecule has 152 valence electrons. The van der Waals surface area contributed by atoms with E-state index in [1.54, 1.807) is 6.07 Å². The molecule has 3 amide bonds. The van der Waals surface area contributed by atoms with Crippen molar-refractivity contribution < 1.29 is 9.59 Å². The Morgan fingerprint density at radius 3 is 2.48 bits per heavy atom. The lowest BCUT2D eigenvalue weighted by Gasteiger charge is -2.11. The van der Waals surface area contributed by atoms with Crippen molar-refractivity contribution in [3.05, 3.63) is 55.4 Å². The molecule has 11 heteroatoms. The zero-order valence-electron chi connectivity index (χ0n) is 16.2. The molecule has 0 saturated heterocycles. The first-order valence-electron chi connectivity index (χ1n) is 8.60. The van der Waals surface area contributed by atoms with Gasteiger partial charge in [-0.1, -0.05) is 17.7 Å². The number of urea groups is 1. The summed E-state index contributed by atoms with van der Waals surface area (Å²) in [7, 11) is 2.75. The Morgan fingerprint density at radius 1 is 1.14 bits per heavy atom. The number of aryl methyl sites for hydroxylation is 3. The molecule has 0 saturated carbocycles. The van der Waals surface area contributed by atoms with E-state index in [1.165, 1.54) is 14.1 Å². The minimum absolute atomic E-state index is 0.00969. The minimum atomic E-state index is -0.720. The van der Waals surface area contributed by atoms with Crippen molar-refractivity contribution in [2.75, 3.05) is 5.32 Å². The molecular weight excluding hydrogens is 400 g/mol. The van der Waals surface area contributed by atoms with Gasteiger partial charge in [0.05, 0.1) is 0 Å². The summed E-state index contributed by atoms with van der Waals surface area (Å²) >= 11 is 6.07. The summed E-state index contributed by atoms with van der Waals surface area (Å²) in [5.74, 6) is -0.704. The minimum Gasteiger partial charge on any atom is -0.307 e. The zero-order valence-corrected chi connectivity index (χ0v) is 17.0. The Morgan fingerprint density at radius 2 is 1.83 bits per heavy atom. The molecule has 2 aromatic heterocycles. The Balaban J connectivity index is 1.83. The van der Waals surface area contributed by atoms with E-state index in [0.717, 1.165) is 24.8 Å². The van der Waals surface area contributed by atoms with Gasteiger partial charge in [0.2, 0.25) is 11.2 Å². The van der Waals surface area contributed by atoms with Crippen LogP contribution in [0.25, 0.3) is 11.2 Å². The van der Waals surface area contributed by atoms with Crippen LogP contribution in [0.4, 0.5) is 10.5 Å². The molecule has 0 atom stereocenters. The van der Waals surface area contributed by atoms with Crippen LogP contribution in [-0.4, -0.2) is 30.6 Å². The Kier molecular flexibility index (Phi) is 5.29. The van der Waals surface area contributed by atoms with Gasteiger partial charge >= 0.3 is 11.7 Å². The van der Waals surface area contributed by atoms with E-state index in [1.807, 2.05) is 26.0 Å². The van der Waals surface area contributed by atoms with Crippen molar-refractivity contribution >= 4 is 40.4 Å². The molecule has 3 rings (SSSR count). The van der Waals surface area contributed by atoms with Gasteiger partial charge in [-0.15, -0.1) is 0 Å². The van der Waals surface area contributed by atoms with Crippen LogP contribution in [-0.2, 0) is 25.4 Å². The molecule has 3 aromatic rings. The Hall–Kier alpha value is -3.40. The van der Waals surface area contributed by atoms with E-state index < -0.39 is 29.7 Å². The van der Waals surface area contributed by atoms with Crippen LogP contribution in [0, 0.1) is 13.8 Å². The second-order valence-corrected chi connectivity index (χ2v) is 7.00. The summed E-state index contributed by atoms with van der Waals surface area (Å²) in [6.07, 6.45) is 0. The summed E-state index contributed by atoms with van der Waals surface area (Å²) in [4.78, 5) is 53.0. The van der Waals surface area contributed by atoms with Gasteiger partial charge in [0.25, 0.3) is 5.56 Å². The molecule has 2 heterocycles. The third-order valence-corrected chi connectivity index (χ3v) is 4.77. The van der Waals surface area contributed by atoms with E-state index in [2.05, 4.69) is 15.6 Å². The van der Waals surface area contributed by atoms with E-state index in [4.69, 9.17) is 11.6 Å². The van der Waals surface area contributed by atoms with Crippen molar-refractivity contribution in [1.29, 1.82) is 0 Å². The average Bonchev–Trinajstić information content (AvgIpc) is 2.97.